The molecule has 0 aliphatic carbocycles. The van der Waals surface area contributed by atoms with Crippen molar-refractivity contribution in [2.75, 3.05) is 14.2 Å². The molecule has 3 rings (SSSR count). The largest absolute Gasteiger partial charge is 0.496 e. The van der Waals surface area contributed by atoms with Gasteiger partial charge in [0.05, 0.1) is 25.8 Å². The van der Waals surface area contributed by atoms with Gasteiger partial charge >= 0.3 is 0 Å². The summed E-state index contributed by atoms with van der Waals surface area (Å²) in [7, 11) is 3.32. The van der Waals surface area contributed by atoms with E-state index in [2.05, 4.69) is 24.1 Å². The van der Waals surface area contributed by atoms with E-state index in [0.717, 1.165) is 27.6 Å². The Balaban J connectivity index is 1.73. The van der Waals surface area contributed by atoms with Gasteiger partial charge in [-0.15, -0.1) is 11.3 Å². The molecule has 0 amide bonds. The molecule has 0 saturated heterocycles. The van der Waals surface area contributed by atoms with Crippen LogP contribution in [0.4, 0.5) is 0 Å². The van der Waals surface area contributed by atoms with Crippen LogP contribution in [0.2, 0.25) is 0 Å². The van der Waals surface area contributed by atoms with Crippen molar-refractivity contribution in [3.8, 4) is 17.2 Å². The fourth-order valence-electron chi connectivity index (χ4n) is 2.87. The number of rotatable bonds is 9. The average Bonchev–Trinajstić information content (AvgIpc) is 3.17. The molecule has 0 radical (unpaired) electrons. The highest BCUT2D eigenvalue weighted by atomic mass is 32.1. The molecule has 6 heteroatoms. The monoisotopic (exact) mass is 398 g/mol. The Bertz CT molecular complexity index is 871. The quantitative estimate of drug-likeness (QED) is 0.556. The molecule has 0 bridgehead atoms. The Kier molecular flexibility index (Phi) is 6.90. The Labute approximate surface area is 170 Å². The zero-order valence-electron chi connectivity index (χ0n) is 16.7. The number of aromatic nitrogens is 1. The number of nitrogens with one attached hydrogen (secondary N) is 1. The lowest BCUT2D eigenvalue weighted by Gasteiger charge is -2.18. The predicted molar refractivity (Wildman–Crippen MR) is 112 cm³/mol. The first-order valence-corrected chi connectivity index (χ1v) is 9.99. The summed E-state index contributed by atoms with van der Waals surface area (Å²) < 4.78 is 17.2. The summed E-state index contributed by atoms with van der Waals surface area (Å²) in [6.45, 7) is 5.26. The van der Waals surface area contributed by atoms with Crippen LogP contribution >= 0.6 is 11.3 Å². The molecule has 1 N–H and O–H groups in total. The summed E-state index contributed by atoms with van der Waals surface area (Å²) in [5, 5.41) is 4.57. The first kappa shape index (κ1) is 20.2. The molecule has 1 unspecified atom stereocenters. The van der Waals surface area contributed by atoms with Crippen LogP contribution in [-0.4, -0.2) is 19.2 Å². The number of hydrogen-bond donors (Lipinski definition) is 1. The normalized spacial score (nSPS) is 11.9. The van der Waals surface area contributed by atoms with Crippen LogP contribution in [-0.2, 0) is 13.2 Å². The highest BCUT2D eigenvalue weighted by Gasteiger charge is 2.16. The van der Waals surface area contributed by atoms with Crippen molar-refractivity contribution >= 4 is 11.3 Å². The third-order valence-corrected chi connectivity index (χ3v) is 5.52. The minimum atomic E-state index is 0.141. The van der Waals surface area contributed by atoms with Gasteiger partial charge in [0.15, 0.2) is 0 Å². The standard InChI is InChI=1S/C22H26N2O3S/c1-15-12-24-22(28-15)16(2)23-13-19-20(25-3)10-18(11-21(19)26-4)27-14-17-8-6-5-7-9-17/h5-12,16,23H,13-14H2,1-4H3. The van der Waals surface area contributed by atoms with Gasteiger partial charge in [0, 0.05) is 29.8 Å². The summed E-state index contributed by atoms with van der Waals surface area (Å²) in [4.78, 5) is 5.66. The van der Waals surface area contributed by atoms with E-state index in [9.17, 15) is 0 Å². The van der Waals surface area contributed by atoms with Crippen LogP contribution in [0.1, 0.15) is 34.0 Å². The first-order valence-electron chi connectivity index (χ1n) is 9.18. The van der Waals surface area contributed by atoms with Crippen molar-refractivity contribution in [3.63, 3.8) is 0 Å². The predicted octanol–water partition coefficient (Wildman–Crippen LogP) is 4.90. The molecule has 0 aliphatic heterocycles. The molecule has 1 atom stereocenters. The highest BCUT2D eigenvalue weighted by molar-refractivity contribution is 7.11. The number of benzene rings is 2. The molecule has 28 heavy (non-hydrogen) atoms. The van der Waals surface area contributed by atoms with E-state index in [1.54, 1.807) is 25.6 Å². The van der Waals surface area contributed by atoms with Crippen LogP contribution < -0.4 is 19.5 Å². The van der Waals surface area contributed by atoms with E-state index in [0.29, 0.717) is 18.9 Å². The molecule has 0 fully saturated rings. The molecule has 0 aliphatic rings. The van der Waals surface area contributed by atoms with Crippen LogP contribution in [0.15, 0.2) is 48.7 Å². The first-order chi connectivity index (χ1) is 13.6. The van der Waals surface area contributed by atoms with Crippen molar-refractivity contribution in [1.82, 2.24) is 10.3 Å². The number of ether oxygens (including phenoxy) is 3. The van der Waals surface area contributed by atoms with Crippen LogP contribution in [0, 0.1) is 6.92 Å². The molecule has 1 heterocycles. The number of nitrogens with zero attached hydrogens (tertiary/aromatic N) is 1. The molecule has 0 spiro atoms. The van der Waals surface area contributed by atoms with Gasteiger partial charge in [-0.2, -0.15) is 0 Å². The highest BCUT2D eigenvalue weighted by Crippen LogP contribution is 2.35. The van der Waals surface area contributed by atoms with E-state index >= 15 is 0 Å². The van der Waals surface area contributed by atoms with Crippen LogP contribution in [0.3, 0.4) is 0 Å². The number of thiazole rings is 1. The van der Waals surface area contributed by atoms with Gasteiger partial charge in [-0.3, -0.25) is 0 Å². The van der Waals surface area contributed by atoms with Crippen LogP contribution in [0.5, 0.6) is 17.2 Å². The van der Waals surface area contributed by atoms with E-state index in [4.69, 9.17) is 14.2 Å². The van der Waals surface area contributed by atoms with Crippen molar-refractivity contribution in [2.24, 2.45) is 0 Å². The second kappa shape index (κ2) is 9.57. The van der Waals surface area contributed by atoms with Gasteiger partial charge in [0.1, 0.15) is 28.9 Å². The Morgan fingerprint density at radius 1 is 1.07 bits per heavy atom. The zero-order chi connectivity index (χ0) is 19.9. The summed E-state index contributed by atoms with van der Waals surface area (Å²) in [5.74, 6) is 2.18. The molecular formula is C22H26N2O3S. The molecular weight excluding hydrogens is 372 g/mol. The lowest BCUT2D eigenvalue weighted by Crippen LogP contribution is -2.19. The summed E-state index contributed by atoms with van der Waals surface area (Å²) in [5.41, 5.74) is 2.07. The lowest BCUT2D eigenvalue weighted by molar-refractivity contribution is 0.299. The topological polar surface area (TPSA) is 52.6 Å². The van der Waals surface area contributed by atoms with Gasteiger partial charge < -0.3 is 19.5 Å². The SMILES string of the molecule is COc1cc(OCc2ccccc2)cc(OC)c1CNC(C)c1ncc(C)s1. The third-order valence-electron chi connectivity index (χ3n) is 4.42. The number of aryl methyl sites for hydroxylation is 1. The number of methoxy groups -OCH3 is 2. The van der Waals surface area contributed by atoms with Crippen molar-refractivity contribution in [3.05, 3.63) is 69.7 Å². The second-order valence-electron chi connectivity index (χ2n) is 6.49. The minimum Gasteiger partial charge on any atom is -0.496 e. The molecule has 148 valence electrons. The maximum Gasteiger partial charge on any atom is 0.130 e. The Morgan fingerprint density at radius 3 is 2.32 bits per heavy atom. The molecule has 2 aromatic carbocycles. The van der Waals surface area contributed by atoms with Crippen LogP contribution in [0.25, 0.3) is 0 Å². The molecule has 5 nitrogen and oxygen atoms in total. The average molecular weight is 399 g/mol. The molecule has 0 saturated carbocycles. The van der Waals surface area contributed by atoms with Crippen molar-refractivity contribution in [2.45, 2.75) is 33.0 Å². The maximum absolute atomic E-state index is 5.94. The van der Waals surface area contributed by atoms with E-state index in [1.807, 2.05) is 48.7 Å². The number of hydrogen-bond acceptors (Lipinski definition) is 6. The molecule has 1 aromatic heterocycles. The van der Waals surface area contributed by atoms with Crippen molar-refractivity contribution in [1.29, 1.82) is 0 Å². The summed E-state index contributed by atoms with van der Waals surface area (Å²) in [6, 6.07) is 14.0. The van der Waals surface area contributed by atoms with E-state index in [-0.39, 0.29) is 6.04 Å². The Morgan fingerprint density at radius 2 is 1.75 bits per heavy atom. The molecule has 3 aromatic rings. The second-order valence-corrected chi connectivity index (χ2v) is 7.76. The van der Waals surface area contributed by atoms with Crippen molar-refractivity contribution < 1.29 is 14.2 Å². The van der Waals surface area contributed by atoms with Gasteiger partial charge in [-0.25, -0.2) is 4.98 Å². The fourth-order valence-corrected chi connectivity index (χ4v) is 3.67. The minimum absolute atomic E-state index is 0.141. The van der Waals surface area contributed by atoms with Gasteiger partial charge in [0.25, 0.3) is 0 Å². The summed E-state index contributed by atoms with van der Waals surface area (Å²) >= 11 is 1.70. The van der Waals surface area contributed by atoms with Gasteiger partial charge in [-0.1, -0.05) is 30.3 Å². The lowest BCUT2D eigenvalue weighted by atomic mass is 10.1. The fraction of sp³-hybridized carbons (Fsp3) is 0.318. The maximum atomic E-state index is 5.94. The van der Waals surface area contributed by atoms with Gasteiger partial charge in [-0.05, 0) is 19.4 Å². The smallest absolute Gasteiger partial charge is 0.130 e. The zero-order valence-corrected chi connectivity index (χ0v) is 17.5. The summed E-state index contributed by atoms with van der Waals surface area (Å²) in [6.07, 6.45) is 1.90. The van der Waals surface area contributed by atoms with Gasteiger partial charge in [0.2, 0.25) is 0 Å². The van der Waals surface area contributed by atoms with E-state index in [1.165, 1.54) is 4.88 Å². The third kappa shape index (κ3) is 5.03. The Hall–Kier alpha value is -2.57. The van der Waals surface area contributed by atoms with E-state index < -0.39 is 0 Å².